The van der Waals surface area contributed by atoms with Crippen molar-refractivity contribution in [3.63, 3.8) is 0 Å². The number of thiazole rings is 1. The van der Waals surface area contributed by atoms with E-state index in [-0.39, 0.29) is 11.6 Å². The molecule has 0 unspecified atom stereocenters. The highest BCUT2D eigenvalue weighted by molar-refractivity contribution is 7.13. The molecule has 0 radical (unpaired) electrons. The van der Waals surface area contributed by atoms with Crippen molar-refractivity contribution < 1.29 is 4.79 Å². The fraction of sp³-hybridized carbons (Fsp3) is 0.100. The largest absolute Gasteiger partial charge is 0.300 e. The topological polar surface area (TPSA) is 109 Å². The first-order valence-electron chi connectivity index (χ1n) is 8.73. The lowest BCUT2D eigenvalue weighted by Crippen LogP contribution is -2.24. The Labute approximate surface area is 170 Å². The molecule has 0 aliphatic carbocycles. The van der Waals surface area contributed by atoms with E-state index in [2.05, 4.69) is 31.4 Å². The SMILES string of the molecule is C[C@H](C(=O)Nc1nccs1)n1ccc(-c2cccc(-c3nccnc3C#N)c2)n1. The summed E-state index contributed by atoms with van der Waals surface area (Å²) in [5.41, 5.74) is 3.12. The molecule has 0 aliphatic heterocycles. The summed E-state index contributed by atoms with van der Waals surface area (Å²) in [6, 6.07) is 11.0. The number of aromatic nitrogens is 5. The van der Waals surface area contributed by atoms with Gasteiger partial charge >= 0.3 is 0 Å². The smallest absolute Gasteiger partial charge is 0.250 e. The van der Waals surface area contributed by atoms with Gasteiger partial charge in [0.15, 0.2) is 10.8 Å². The molecule has 4 aromatic rings. The third-order valence-corrected chi connectivity index (χ3v) is 4.97. The van der Waals surface area contributed by atoms with E-state index in [1.54, 1.807) is 35.6 Å². The van der Waals surface area contributed by atoms with E-state index in [9.17, 15) is 10.1 Å². The predicted molar refractivity (Wildman–Crippen MR) is 109 cm³/mol. The molecule has 0 aliphatic rings. The fourth-order valence-corrected chi connectivity index (χ4v) is 3.31. The second-order valence-electron chi connectivity index (χ2n) is 6.13. The molecule has 3 heterocycles. The van der Waals surface area contributed by atoms with Crippen molar-refractivity contribution in [2.24, 2.45) is 0 Å². The summed E-state index contributed by atoms with van der Waals surface area (Å²) in [6.07, 6.45) is 6.45. The monoisotopic (exact) mass is 401 g/mol. The Morgan fingerprint density at radius 1 is 1.17 bits per heavy atom. The number of benzene rings is 1. The van der Waals surface area contributed by atoms with Crippen molar-refractivity contribution >= 4 is 22.4 Å². The Balaban J connectivity index is 1.58. The van der Waals surface area contributed by atoms with Gasteiger partial charge in [-0.3, -0.25) is 14.5 Å². The Hall–Kier alpha value is -3.90. The maximum absolute atomic E-state index is 12.4. The minimum Gasteiger partial charge on any atom is -0.300 e. The number of nitrogens with zero attached hydrogens (tertiary/aromatic N) is 6. The number of nitriles is 1. The standard InChI is InChI=1S/C20H15N7OS/c1-13(19(28)25-20-24-8-10-29-20)27-9-5-16(26-27)14-3-2-4-15(11-14)18-17(12-21)22-6-7-23-18/h2-11,13H,1H3,(H,24,25,28)/t13-/m1/s1. The Morgan fingerprint density at radius 2 is 2.00 bits per heavy atom. The second-order valence-corrected chi connectivity index (χ2v) is 7.02. The highest BCUT2D eigenvalue weighted by Crippen LogP contribution is 2.26. The van der Waals surface area contributed by atoms with Gasteiger partial charge in [-0.2, -0.15) is 10.4 Å². The first-order valence-corrected chi connectivity index (χ1v) is 9.61. The van der Waals surface area contributed by atoms with E-state index >= 15 is 0 Å². The number of anilines is 1. The molecule has 4 rings (SSSR count). The molecular formula is C20H15N7OS. The zero-order chi connectivity index (χ0) is 20.2. The lowest BCUT2D eigenvalue weighted by atomic mass is 10.0. The number of nitrogens with one attached hydrogen (secondary N) is 1. The average molecular weight is 401 g/mol. The van der Waals surface area contributed by atoms with Crippen LogP contribution in [-0.2, 0) is 4.79 Å². The lowest BCUT2D eigenvalue weighted by molar-refractivity contribution is -0.119. The van der Waals surface area contributed by atoms with E-state index in [1.165, 1.54) is 17.5 Å². The van der Waals surface area contributed by atoms with Crippen molar-refractivity contribution in [1.29, 1.82) is 5.26 Å². The van der Waals surface area contributed by atoms with Gasteiger partial charge in [-0.15, -0.1) is 11.3 Å². The molecule has 0 bridgehead atoms. The van der Waals surface area contributed by atoms with Crippen LogP contribution in [0.2, 0.25) is 0 Å². The van der Waals surface area contributed by atoms with Gasteiger partial charge in [0.25, 0.3) is 5.91 Å². The van der Waals surface area contributed by atoms with Crippen molar-refractivity contribution in [1.82, 2.24) is 24.7 Å². The normalized spacial score (nSPS) is 11.6. The van der Waals surface area contributed by atoms with Crippen LogP contribution in [0, 0.1) is 11.3 Å². The zero-order valence-corrected chi connectivity index (χ0v) is 16.2. The maximum atomic E-state index is 12.4. The number of carbonyl (C=O) groups is 1. The number of amides is 1. The molecular weight excluding hydrogens is 386 g/mol. The van der Waals surface area contributed by atoms with Gasteiger partial charge in [-0.05, 0) is 19.1 Å². The van der Waals surface area contributed by atoms with Gasteiger partial charge in [0, 0.05) is 41.3 Å². The molecule has 1 aromatic carbocycles. The molecule has 142 valence electrons. The van der Waals surface area contributed by atoms with Gasteiger partial charge in [-0.1, -0.05) is 18.2 Å². The van der Waals surface area contributed by atoms with Crippen LogP contribution in [-0.4, -0.2) is 30.6 Å². The van der Waals surface area contributed by atoms with Gasteiger partial charge in [0.05, 0.1) is 5.69 Å². The van der Waals surface area contributed by atoms with Crippen molar-refractivity contribution in [2.45, 2.75) is 13.0 Å². The minimum atomic E-state index is -0.499. The Morgan fingerprint density at radius 3 is 2.79 bits per heavy atom. The zero-order valence-electron chi connectivity index (χ0n) is 15.4. The van der Waals surface area contributed by atoms with Gasteiger partial charge < -0.3 is 5.32 Å². The third-order valence-electron chi connectivity index (χ3n) is 4.28. The molecule has 1 amide bonds. The van der Waals surface area contributed by atoms with Crippen LogP contribution in [0.5, 0.6) is 0 Å². The second kappa shape index (κ2) is 8.00. The van der Waals surface area contributed by atoms with E-state index in [1.807, 2.05) is 30.3 Å². The third kappa shape index (κ3) is 3.88. The summed E-state index contributed by atoms with van der Waals surface area (Å²) < 4.78 is 1.61. The van der Waals surface area contributed by atoms with E-state index < -0.39 is 6.04 Å². The first-order chi connectivity index (χ1) is 14.2. The molecule has 3 aromatic heterocycles. The molecule has 0 saturated carbocycles. The Bertz CT molecular complexity index is 1190. The van der Waals surface area contributed by atoms with Crippen LogP contribution in [0.1, 0.15) is 18.7 Å². The van der Waals surface area contributed by atoms with Crippen LogP contribution in [0.3, 0.4) is 0 Å². The number of hydrogen-bond donors (Lipinski definition) is 1. The molecule has 1 atom stereocenters. The van der Waals surface area contributed by atoms with Crippen LogP contribution < -0.4 is 5.32 Å². The highest BCUT2D eigenvalue weighted by atomic mass is 32.1. The highest BCUT2D eigenvalue weighted by Gasteiger charge is 2.18. The van der Waals surface area contributed by atoms with Crippen LogP contribution in [0.25, 0.3) is 22.5 Å². The summed E-state index contributed by atoms with van der Waals surface area (Å²) in [7, 11) is 0. The van der Waals surface area contributed by atoms with E-state index in [0.717, 1.165) is 11.1 Å². The summed E-state index contributed by atoms with van der Waals surface area (Å²) in [4.78, 5) is 24.8. The van der Waals surface area contributed by atoms with E-state index in [0.29, 0.717) is 16.5 Å². The number of rotatable bonds is 5. The van der Waals surface area contributed by atoms with Gasteiger partial charge in [-0.25, -0.2) is 9.97 Å². The molecule has 0 saturated heterocycles. The van der Waals surface area contributed by atoms with Crippen molar-refractivity contribution in [3.05, 3.63) is 66.2 Å². The summed E-state index contributed by atoms with van der Waals surface area (Å²) in [6.45, 7) is 1.77. The molecule has 29 heavy (non-hydrogen) atoms. The molecule has 9 heteroatoms. The maximum Gasteiger partial charge on any atom is 0.250 e. The van der Waals surface area contributed by atoms with Crippen molar-refractivity contribution in [2.75, 3.05) is 5.32 Å². The van der Waals surface area contributed by atoms with Crippen LogP contribution in [0.15, 0.2) is 60.5 Å². The molecule has 8 nitrogen and oxygen atoms in total. The quantitative estimate of drug-likeness (QED) is 0.548. The Kier molecular flexibility index (Phi) is 5.09. The number of hydrogen-bond acceptors (Lipinski definition) is 7. The fourth-order valence-electron chi connectivity index (χ4n) is 2.78. The lowest BCUT2D eigenvalue weighted by Gasteiger charge is -2.11. The van der Waals surface area contributed by atoms with Crippen LogP contribution in [0.4, 0.5) is 5.13 Å². The molecule has 1 N–H and O–H groups in total. The minimum absolute atomic E-state index is 0.193. The van der Waals surface area contributed by atoms with Gasteiger partial charge in [0.2, 0.25) is 0 Å². The molecule has 0 fully saturated rings. The van der Waals surface area contributed by atoms with E-state index in [4.69, 9.17) is 0 Å². The summed E-state index contributed by atoms with van der Waals surface area (Å²) in [5.74, 6) is -0.193. The van der Waals surface area contributed by atoms with Crippen molar-refractivity contribution in [3.8, 4) is 28.6 Å². The van der Waals surface area contributed by atoms with Crippen LogP contribution >= 0.6 is 11.3 Å². The first kappa shape index (κ1) is 18.5. The van der Waals surface area contributed by atoms with Gasteiger partial charge in [0.1, 0.15) is 17.8 Å². The molecule has 0 spiro atoms. The number of carbonyl (C=O) groups excluding carboxylic acids is 1. The predicted octanol–water partition coefficient (Wildman–Crippen LogP) is 3.53. The average Bonchev–Trinajstić information content (AvgIpc) is 3.45. The summed E-state index contributed by atoms with van der Waals surface area (Å²) in [5, 5.41) is 18.9. The summed E-state index contributed by atoms with van der Waals surface area (Å²) >= 11 is 1.36.